The van der Waals surface area contributed by atoms with Gasteiger partial charge in [-0.2, -0.15) is 13.2 Å². The van der Waals surface area contributed by atoms with Crippen molar-refractivity contribution in [1.29, 1.82) is 0 Å². The maximum Gasteiger partial charge on any atom is 0.418 e. The summed E-state index contributed by atoms with van der Waals surface area (Å²) in [5, 5.41) is 2.96. The van der Waals surface area contributed by atoms with E-state index in [0.717, 1.165) is 11.5 Å². The molecule has 2 N–H and O–H groups in total. The summed E-state index contributed by atoms with van der Waals surface area (Å²) in [6, 6.07) is 1.40. The van der Waals surface area contributed by atoms with Crippen molar-refractivity contribution in [2.75, 3.05) is 25.0 Å². The van der Waals surface area contributed by atoms with Crippen LogP contribution in [-0.2, 0) is 21.0 Å². The largest absolute Gasteiger partial charge is 0.418 e. The van der Waals surface area contributed by atoms with Gasteiger partial charge in [-0.1, -0.05) is 29.8 Å². The van der Waals surface area contributed by atoms with E-state index >= 15 is 0 Å². The first kappa shape index (κ1) is 22.8. The Morgan fingerprint density at radius 2 is 1.82 bits per heavy atom. The highest BCUT2D eigenvalue weighted by atomic mass is 35.5. The summed E-state index contributed by atoms with van der Waals surface area (Å²) in [5.41, 5.74) is -1.36. The molecular weight excluding hydrogens is 442 g/mol. The number of rotatable bonds is 6. The number of benzene rings is 1. The van der Waals surface area contributed by atoms with Gasteiger partial charge in [0.2, 0.25) is 15.9 Å². The molecule has 1 fully saturated rings. The molecule has 6 nitrogen and oxygen atoms in total. The molecule has 156 valence electrons. The van der Waals surface area contributed by atoms with E-state index in [1.54, 1.807) is 0 Å². The minimum Gasteiger partial charge on any atom is -0.376 e. The van der Waals surface area contributed by atoms with Crippen molar-refractivity contribution < 1.29 is 26.4 Å². The highest BCUT2D eigenvalue weighted by Crippen LogP contribution is 2.39. The Morgan fingerprint density at radius 3 is 2.36 bits per heavy atom. The molecule has 1 aromatic carbocycles. The van der Waals surface area contributed by atoms with Crippen molar-refractivity contribution in [1.82, 2.24) is 9.62 Å². The van der Waals surface area contributed by atoms with Crippen LogP contribution in [0.25, 0.3) is 0 Å². The lowest BCUT2D eigenvalue weighted by atomic mass is 10.1. The first-order valence-corrected chi connectivity index (χ1v) is 10.5. The lowest BCUT2D eigenvalue weighted by molar-refractivity contribution is -0.137. The Hall–Kier alpha value is -1.49. The van der Waals surface area contributed by atoms with E-state index < -0.39 is 27.7 Å². The van der Waals surface area contributed by atoms with Gasteiger partial charge >= 0.3 is 6.18 Å². The third kappa shape index (κ3) is 6.00. The van der Waals surface area contributed by atoms with E-state index in [1.165, 1.54) is 4.90 Å². The molecule has 2 rings (SSSR count). The molecular formula is C16H18Cl2F3N3O3S. The van der Waals surface area contributed by atoms with Crippen LogP contribution in [0.2, 0.25) is 10.0 Å². The van der Waals surface area contributed by atoms with Crippen LogP contribution in [0.3, 0.4) is 0 Å². The summed E-state index contributed by atoms with van der Waals surface area (Å²) in [5.74, 6) is -0.413. The van der Waals surface area contributed by atoms with E-state index in [2.05, 4.69) is 16.6 Å². The van der Waals surface area contributed by atoms with Crippen LogP contribution in [0.1, 0.15) is 18.4 Å². The summed E-state index contributed by atoms with van der Waals surface area (Å²) in [6.45, 7) is 3.39. The van der Waals surface area contributed by atoms with Gasteiger partial charge in [-0.05, 0) is 25.0 Å². The third-order valence-electron chi connectivity index (χ3n) is 4.19. The fourth-order valence-corrected chi connectivity index (χ4v) is 3.86. The second-order valence-electron chi connectivity index (χ2n) is 6.15. The predicted molar refractivity (Wildman–Crippen MR) is 102 cm³/mol. The van der Waals surface area contributed by atoms with Crippen LogP contribution < -0.4 is 10.0 Å². The van der Waals surface area contributed by atoms with Gasteiger partial charge < -0.3 is 10.2 Å². The molecule has 0 radical (unpaired) electrons. The van der Waals surface area contributed by atoms with Crippen LogP contribution in [0.15, 0.2) is 24.1 Å². The number of hydrogen-bond donors (Lipinski definition) is 2. The van der Waals surface area contributed by atoms with Crippen molar-refractivity contribution in [2.24, 2.45) is 0 Å². The van der Waals surface area contributed by atoms with Gasteiger partial charge in [0.05, 0.1) is 22.2 Å². The Bertz CT molecular complexity index is 855. The zero-order chi connectivity index (χ0) is 21.1. The normalized spacial score (nSPS) is 16.1. The number of likely N-dealkylation sites (tertiary alicyclic amines) is 1. The van der Waals surface area contributed by atoms with Crippen molar-refractivity contribution in [3.8, 4) is 0 Å². The van der Waals surface area contributed by atoms with Gasteiger partial charge in [0.15, 0.2) is 0 Å². The number of nitrogens with one attached hydrogen (secondary N) is 2. The van der Waals surface area contributed by atoms with Gasteiger partial charge in [0.1, 0.15) is 0 Å². The fourth-order valence-electron chi connectivity index (χ4n) is 2.74. The van der Waals surface area contributed by atoms with Crippen molar-refractivity contribution in [2.45, 2.75) is 25.1 Å². The van der Waals surface area contributed by atoms with Crippen molar-refractivity contribution in [3.05, 3.63) is 39.7 Å². The zero-order valence-corrected chi connectivity index (χ0v) is 16.9. The van der Waals surface area contributed by atoms with Gasteiger partial charge in [-0.15, -0.1) is 0 Å². The topological polar surface area (TPSA) is 78.5 Å². The standard InChI is InChI=1S/C16H18Cl2F3N3O3S/c1-2-28(26,27)23-10-3-5-24(6-4-10)15(25)9-22-14-8-13(18)12(17)7-11(14)16(19,20)21/h2,7-8,10,22-23H,1,3-6,9H2. The number of piperidine rings is 1. The minimum atomic E-state index is -4.67. The lowest BCUT2D eigenvalue weighted by Gasteiger charge is -2.32. The molecule has 0 aromatic heterocycles. The monoisotopic (exact) mass is 459 g/mol. The van der Waals surface area contributed by atoms with Gasteiger partial charge in [-0.25, -0.2) is 13.1 Å². The first-order valence-electron chi connectivity index (χ1n) is 8.15. The molecule has 0 bridgehead atoms. The van der Waals surface area contributed by atoms with Crippen molar-refractivity contribution >= 4 is 44.8 Å². The maximum absolute atomic E-state index is 13.1. The fraction of sp³-hybridized carbons (Fsp3) is 0.438. The van der Waals surface area contributed by atoms with E-state index in [-0.39, 0.29) is 41.4 Å². The summed E-state index contributed by atoms with van der Waals surface area (Å²) in [6.07, 6.45) is -3.89. The first-order chi connectivity index (χ1) is 12.9. The predicted octanol–water partition coefficient (Wildman–Crippen LogP) is 3.48. The molecule has 1 saturated heterocycles. The lowest BCUT2D eigenvalue weighted by Crippen LogP contribution is -2.47. The second-order valence-corrected chi connectivity index (χ2v) is 8.62. The highest BCUT2D eigenvalue weighted by molar-refractivity contribution is 7.92. The molecule has 1 aliphatic rings. The Balaban J connectivity index is 1.97. The van der Waals surface area contributed by atoms with E-state index in [9.17, 15) is 26.4 Å². The molecule has 0 aliphatic carbocycles. The number of nitrogens with zero attached hydrogens (tertiary/aromatic N) is 1. The Kier molecular flexibility index (Phi) is 7.24. The van der Waals surface area contributed by atoms with Crippen LogP contribution >= 0.6 is 23.2 Å². The molecule has 0 atom stereocenters. The molecule has 1 heterocycles. The van der Waals surface area contributed by atoms with E-state index in [0.29, 0.717) is 18.9 Å². The Labute approximate surface area is 170 Å². The molecule has 1 aromatic rings. The molecule has 1 aliphatic heterocycles. The number of hydrogen-bond acceptors (Lipinski definition) is 4. The number of carbonyl (C=O) groups is 1. The van der Waals surface area contributed by atoms with Gasteiger partial charge in [0.25, 0.3) is 0 Å². The summed E-state index contributed by atoms with van der Waals surface area (Å²) in [4.78, 5) is 13.8. The maximum atomic E-state index is 13.1. The Morgan fingerprint density at radius 1 is 1.25 bits per heavy atom. The van der Waals surface area contributed by atoms with E-state index in [4.69, 9.17) is 23.2 Å². The van der Waals surface area contributed by atoms with Crippen molar-refractivity contribution in [3.63, 3.8) is 0 Å². The van der Waals surface area contributed by atoms with Crippen LogP contribution in [0.5, 0.6) is 0 Å². The number of halogens is 5. The smallest absolute Gasteiger partial charge is 0.376 e. The number of alkyl halides is 3. The molecule has 0 spiro atoms. The number of carbonyl (C=O) groups excluding carboxylic acids is 1. The van der Waals surface area contributed by atoms with Gasteiger partial charge in [-0.3, -0.25) is 4.79 Å². The summed E-state index contributed by atoms with van der Waals surface area (Å²) < 4.78 is 64.8. The average Bonchev–Trinajstić information content (AvgIpc) is 2.61. The quantitative estimate of drug-likeness (QED) is 0.682. The highest BCUT2D eigenvalue weighted by Gasteiger charge is 2.34. The average molecular weight is 460 g/mol. The van der Waals surface area contributed by atoms with E-state index in [1.807, 2.05) is 0 Å². The molecule has 28 heavy (non-hydrogen) atoms. The van der Waals surface area contributed by atoms with Gasteiger partial charge in [0, 0.05) is 30.2 Å². The summed E-state index contributed by atoms with van der Waals surface area (Å²) in [7, 11) is -3.56. The number of anilines is 1. The number of amides is 1. The van der Waals surface area contributed by atoms with Crippen LogP contribution in [-0.4, -0.2) is 44.9 Å². The van der Waals surface area contributed by atoms with Crippen LogP contribution in [0.4, 0.5) is 18.9 Å². The van der Waals surface area contributed by atoms with Crippen LogP contribution in [0, 0.1) is 0 Å². The zero-order valence-electron chi connectivity index (χ0n) is 14.5. The molecule has 0 saturated carbocycles. The molecule has 1 amide bonds. The SMILES string of the molecule is C=CS(=O)(=O)NC1CCN(C(=O)CNc2cc(Cl)c(Cl)cc2C(F)(F)F)CC1. The molecule has 0 unspecified atom stereocenters. The molecule has 12 heteroatoms. The second kappa shape index (κ2) is 8.89. The summed E-state index contributed by atoms with van der Waals surface area (Å²) >= 11 is 11.4. The number of sulfonamides is 1. The third-order valence-corrected chi connectivity index (χ3v) is 6.02. The minimum absolute atomic E-state index is 0.0695.